The van der Waals surface area contributed by atoms with Crippen LogP contribution in [-0.2, 0) is 6.42 Å². The number of nitro benzene ring substituents is 2. The second-order valence-corrected chi connectivity index (χ2v) is 7.39. The van der Waals surface area contributed by atoms with Crippen LogP contribution in [0.2, 0.25) is 0 Å². The van der Waals surface area contributed by atoms with Crippen molar-refractivity contribution in [2.45, 2.75) is 25.9 Å². The topological polar surface area (TPSA) is 150 Å². The molecule has 1 aromatic heterocycles. The lowest BCUT2D eigenvalue weighted by Gasteiger charge is -2.34. The lowest BCUT2D eigenvalue weighted by atomic mass is 9.91. The third-order valence-electron chi connectivity index (χ3n) is 4.95. The van der Waals surface area contributed by atoms with Crippen LogP contribution in [0.15, 0.2) is 56.8 Å². The van der Waals surface area contributed by atoms with Gasteiger partial charge in [-0.25, -0.2) is 4.79 Å². The third kappa shape index (κ3) is 3.68. The number of rotatable bonds is 4. The van der Waals surface area contributed by atoms with Gasteiger partial charge in [0.25, 0.3) is 5.69 Å². The van der Waals surface area contributed by atoms with Gasteiger partial charge in [0.15, 0.2) is 0 Å². The first-order chi connectivity index (χ1) is 14.7. The van der Waals surface area contributed by atoms with Gasteiger partial charge >= 0.3 is 11.3 Å². The van der Waals surface area contributed by atoms with E-state index in [1.807, 2.05) is 0 Å². The van der Waals surface area contributed by atoms with E-state index in [9.17, 15) is 25.0 Å². The van der Waals surface area contributed by atoms with Gasteiger partial charge in [-0.05, 0) is 38.1 Å². The Kier molecular flexibility index (Phi) is 4.65. The second kappa shape index (κ2) is 7.20. The number of benzene rings is 2. The molecule has 0 saturated carbocycles. The number of hydrogen-bond donors (Lipinski definition) is 1. The van der Waals surface area contributed by atoms with E-state index in [0.717, 1.165) is 17.5 Å². The average Bonchev–Trinajstić information content (AvgIpc) is 2.71. The first-order valence-corrected chi connectivity index (χ1v) is 9.16. The number of non-ortho nitro benzene ring substituents is 1. The molecule has 1 aliphatic heterocycles. The maximum Gasteiger partial charge on any atom is 0.336 e. The van der Waals surface area contributed by atoms with Gasteiger partial charge in [0.2, 0.25) is 0 Å². The number of nitrogens with one attached hydrogen (secondary N) is 1. The summed E-state index contributed by atoms with van der Waals surface area (Å²) in [6, 6.07) is 9.78. The molecular formula is C20H16N4O7. The van der Waals surface area contributed by atoms with Crippen LogP contribution in [0.5, 0.6) is 5.75 Å². The molecule has 11 nitrogen and oxygen atoms in total. The fourth-order valence-corrected chi connectivity index (χ4v) is 3.33. The monoisotopic (exact) mass is 424 g/mol. The molecule has 0 unspecified atom stereocenters. The highest BCUT2D eigenvalue weighted by Gasteiger charge is 2.35. The fraction of sp³-hybridized carbons (Fsp3) is 0.200. The number of hydrogen-bond acceptors (Lipinski definition) is 9. The van der Waals surface area contributed by atoms with Gasteiger partial charge in [-0.1, -0.05) is 0 Å². The molecule has 0 amide bonds. The highest BCUT2D eigenvalue weighted by molar-refractivity contribution is 5.99. The molecule has 2 aromatic carbocycles. The minimum Gasteiger partial charge on any atom is -0.481 e. The summed E-state index contributed by atoms with van der Waals surface area (Å²) in [6.45, 7) is 3.57. The number of hydrazone groups is 1. The van der Waals surface area contributed by atoms with Crippen molar-refractivity contribution in [3.8, 4) is 5.75 Å². The van der Waals surface area contributed by atoms with E-state index < -0.39 is 32.4 Å². The summed E-state index contributed by atoms with van der Waals surface area (Å²) in [5, 5.41) is 27.3. The third-order valence-corrected chi connectivity index (χ3v) is 4.95. The fourth-order valence-electron chi connectivity index (χ4n) is 3.33. The van der Waals surface area contributed by atoms with Crippen LogP contribution in [0.4, 0.5) is 17.1 Å². The Morgan fingerprint density at radius 3 is 2.52 bits per heavy atom. The quantitative estimate of drug-likeness (QED) is 0.377. The Labute approximate surface area is 174 Å². The molecule has 3 aromatic rings. The number of anilines is 1. The minimum absolute atomic E-state index is 0.00542. The summed E-state index contributed by atoms with van der Waals surface area (Å²) in [5.41, 5.74) is 1.89. The first kappa shape index (κ1) is 20.0. The smallest absolute Gasteiger partial charge is 0.336 e. The summed E-state index contributed by atoms with van der Waals surface area (Å²) in [6.07, 6.45) is 0.264. The molecule has 0 spiro atoms. The van der Waals surface area contributed by atoms with Gasteiger partial charge < -0.3 is 9.15 Å². The SMILES string of the molecule is CC1(C)Oc2ccc3ccc(=O)oc3c2C/C1=N\Nc1ccc([N+](=O)[O-])cc1[N+](=O)[O-]. The number of fused-ring (bicyclic) bond motifs is 3. The lowest BCUT2D eigenvalue weighted by molar-refractivity contribution is -0.393. The van der Waals surface area contributed by atoms with Crippen LogP contribution < -0.4 is 15.8 Å². The largest absolute Gasteiger partial charge is 0.481 e. The zero-order valence-electron chi connectivity index (χ0n) is 16.4. The Morgan fingerprint density at radius 2 is 1.81 bits per heavy atom. The van der Waals surface area contributed by atoms with Gasteiger partial charge in [-0.15, -0.1) is 0 Å². The molecule has 1 N–H and O–H groups in total. The van der Waals surface area contributed by atoms with Crippen LogP contribution in [0.3, 0.4) is 0 Å². The molecule has 0 aliphatic carbocycles. The molecule has 0 bridgehead atoms. The number of nitro groups is 2. The molecule has 0 saturated heterocycles. The van der Waals surface area contributed by atoms with Crippen LogP contribution in [-0.4, -0.2) is 21.2 Å². The first-order valence-electron chi connectivity index (χ1n) is 9.16. The predicted octanol–water partition coefficient (Wildman–Crippen LogP) is 3.79. The molecule has 2 heterocycles. The Balaban J connectivity index is 1.74. The molecule has 1 aliphatic rings. The van der Waals surface area contributed by atoms with Crippen molar-refractivity contribution in [1.82, 2.24) is 0 Å². The second-order valence-electron chi connectivity index (χ2n) is 7.39. The molecule has 158 valence electrons. The van der Waals surface area contributed by atoms with E-state index in [-0.39, 0.29) is 12.1 Å². The van der Waals surface area contributed by atoms with E-state index in [1.165, 1.54) is 12.1 Å². The van der Waals surface area contributed by atoms with Crippen LogP contribution >= 0.6 is 0 Å². The van der Waals surface area contributed by atoms with Gasteiger partial charge in [-0.2, -0.15) is 5.10 Å². The Bertz CT molecular complexity index is 1330. The normalized spacial score (nSPS) is 15.9. The van der Waals surface area contributed by atoms with Crippen molar-refractivity contribution < 1.29 is 19.0 Å². The molecule has 11 heteroatoms. The van der Waals surface area contributed by atoms with Gasteiger partial charge in [-0.3, -0.25) is 25.7 Å². The van der Waals surface area contributed by atoms with E-state index in [1.54, 1.807) is 32.0 Å². The summed E-state index contributed by atoms with van der Waals surface area (Å²) >= 11 is 0. The van der Waals surface area contributed by atoms with Crippen molar-refractivity contribution in [1.29, 1.82) is 0 Å². The maximum absolute atomic E-state index is 11.7. The van der Waals surface area contributed by atoms with E-state index in [0.29, 0.717) is 22.6 Å². The highest BCUT2D eigenvalue weighted by atomic mass is 16.6. The number of ether oxygens (including phenoxy) is 1. The molecule has 4 rings (SSSR count). The van der Waals surface area contributed by atoms with Gasteiger partial charge in [0.05, 0.1) is 21.6 Å². The molecule has 0 radical (unpaired) electrons. The molecular weight excluding hydrogens is 408 g/mol. The van der Waals surface area contributed by atoms with Gasteiger partial charge in [0, 0.05) is 29.5 Å². The van der Waals surface area contributed by atoms with Crippen LogP contribution in [0.1, 0.15) is 19.4 Å². The van der Waals surface area contributed by atoms with Crippen LogP contribution in [0, 0.1) is 20.2 Å². The zero-order chi connectivity index (χ0) is 22.3. The number of nitrogens with zero attached hydrogens (tertiary/aromatic N) is 3. The summed E-state index contributed by atoms with van der Waals surface area (Å²) in [4.78, 5) is 32.5. The van der Waals surface area contributed by atoms with Crippen molar-refractivity contribution in [3.05, 3.63) is 78.7 Å². The summed E-state index contributed by atoms with van der Waals surface area (Å²) in [5.74, 6) is 0.548. The molecule has 0 fully saturated rings. The van der Waals surface area contributed by atoms with E-state index in [4.69, 9.17) is 9.15 Å². The Hall–Kier alpha value is -4.28. The molecule has 31 heavy (non-hydrogen) atoms. The van der Waals surface area contributed by atoms with Crippen molar-refractivity contribution in [3.63, 3.8) is 0 Å². The van der Waals surface area contributed by atoms with Crippen molar-refractivity contribution >= 4 is 33.7 Å². The predicted molar refractivity (Wildman–Crippen MR) is 112 cm³/mol. The zero-order valence-corrected chi connectivity index (χ0v) is 16.4. The Morgan fingerprint density at radius 1 is 1.06 bits per heavy atom. The molecule has 0 atom stereocenters. The van der Waals surface area contributed by atoms with Gasteiger partial charge in [0.1, 0.15) is 22.6 Å². The minimum atomic E-state index is -0.863. The van der Waals surface area contributed by atoms with Crippen molar-refractivity contribution in [2.75, 3.05) is 5.43 Å². The lowest BCUT2D eigenvalue weighted by Crippen LogP contribution is -2.43. The highest BCUT2D eigenvalue weighted by Crippen LogP contribution is 2.36. The van der Waals surface area contributed by atoms with Crippen molar-refractivity contribution in [2.24, 2.45) is 5.10 Å². The summed E-state index contributed by atoms with van der Waals surface area (Å²) < 4.78 is 11.4. The van der Waals surface area contributed by atoms with E-state index in [2.05, 4.69) is 10.5 Å². The standard InChI is InChI=1S/C20H16N4O7/c1-20(2)17(22-21-14-6-5-12(23(26)27)9-15(14)24(28)29)10-13-16(31-20)7-3-11-4-8-18(25)30-19(11)13/h3-9,21H,10H2,1-2H3/b22-17+. The maximum atomic E-state index is 11.7. The average molecular weight is 424 g/mol. The van der Waals surface area contributed by atoms with Crippen LogP contribution in [0.25, 0.3) is 11.0 Å². The summed E-state index contributed by atoms with van der Waals surface area (Å²) in [7, 11) is 0. The van der Waals surface area contributed by atoms with E-state index >= 15 is 0 Å².